The van der Waals surface area contributed by atoms with Crippen LogP contribution in [-0.2, 0) is 24.9 Å². The van der Waals surface area contributed by atoms with Crippen LogP contribution in [0.5, 0.6) is 0 Å². The number of aryl methyl sites for hydroxylation is 3. The van der Waals surface area contributed by atoms with Gasteiger partial charge in [-0.3, -0.25) is 0 Å². The molecule has 26 heavy (non-hydrogen) atoms. The number of rotatable bonds is 8. The molecule has 2 aromatic rings. The lowest BCUT2D eigenvalue weighted by Gasteiger charge is -2.11. The topological polar surface area (TPSA) is 89.2 Å². The molecule has 0 saturated carbocycles. The van der Waals surface area contributed by atoms with Gasteiger partial charge in [0.2, 0.25) is 0 Å². The molecule has 2 rings (SSSR count). The van der Waals surface area contributed by atoms with Crippen LogP contribution in [0.4, 0.5) is 0 Å². The van der Waals surface area contributed by atoms with E-state index in [1.54, 1.807) is 18.4 Å². The molecule has 8 nitrogen and oxygen atoms in total. The number of nitrogens with zero attached hydrogens (tertiary/aromatic N) is 5. The van der Waals surface area contributed by atoms with Gasteiger partial charge in [0, 0.05) is 32.2 Å². The summed E-state index contributed by atoms with van der Waals surface area (Å²) in [4.78, 5) is 10.4. The average Bonchev–Trinajstić information content (AvgIpc) is 3.08. The highest BCUT2D eigenvalue weighted by Gasteiger charge is 2.07. The molecule has 0 aliphatic carbocycles. The summed E-state index contributed by atoms with van der Waals surface area (Å²) in [7, 11) is 3.65. The minimum atomic E-state index is 0. The second-order valence-corrected chi connectivity index (χ2v) is 7.05. The SMILES string of the molecule is COCCCNC(=NCc1nnc(C)n1C)NCc1nc(C)c(C)s1.I. The van der Waals surface area contributed by atoms with Gasteiger partial charge in [-0.15, -0.1) is 45.5 Å². The quantitative estimate of drug-likeness (QED) is 0.254. The van der Waals surface area contributed by atoms with Crippen LogP contribution >= 0.6 is 35.3 Å². The van der Waals surface area contributed by atoms with E-state index < -0.39 is 0 Å². The van der Waals surface area contributed by atoms with Crippen molar-refractivity contribution in [1.82, 2.24) is 30.4 Å². The van der Waals surface area contributed by atoms with Crippen molar-refractivity contribution in [3.63, 3.8) is 0 Å². The first-order valence-corrected chi connectivity index (χ1v) is 9.11. The number of ether oxygens (including phenoxy) is 1. The number of guanidine groups is 1. The Morgan fingerprint density at radius 3 is 2.58 bits per heavy atom. The van der Waals surface area contributed by atoms with Crippen LogP contribution < -0.4 is 10.6 Å². The monoisotopic (exact) mass is 493 g/mol. The van der Waals surface area contributed by atoms with E-state index in [2.05, 4.69) is 37.7 Å². The summed E-state index contributed by atoms with van der Waals surface area (Å²) in [5.41, 5.74) is 1.09. The van der Waals surface area contributed by atoms with E-state index >= 15 is 0 Å². The fraction of sp³-hybridized carbons (Fsp3) is 0.625. The van der Waals surface area contributed by atoms with Crippen molar-refractivity contribution in [2.45, 2.75) is 40.3 Å². The predicted octanol–water partition coefficient (Wildman–Crippen LogP) is 2.09. The summed E-state index contributed by atoms with van der Waals surface area (Å²) < 4.78 is 7.03. The Morgan fingerprint density at radius 1 is 1.23 bits per heavy atom. The summed E-state index contributed by atoms with van der Waals surface area (Å²) >= 11 is 1.71. The number of aliphatic imine (C=N–C) groups is 1. The van der Waals surface area contributed by atoms with Gasteiger partial charge in [-0.1, -0.05) is 0 Å². The van der Waals surface area contributed by atoms with E-state index in [1.165, 1.54) is 4.88 Å². The van der Waals surface area contributed by atoms with Crippen molar-refractivity contribution in [2.24, 2.45) is 12.0 Å². The average molecular weight is 493 g/mol. The standard InChI is InChI=1S/C16H27N7OS.HI/c1-11-12(2)25-15(20-11)10-19-16(17-7-6-8-24-5)18-9-14-22-21-13(3)23(14)4;/h6-10H2,1-5H3,(H2,17,18,19);1H. The van der Waals surface area contributed by atoms with E-state index in [9.17, 15) is 0 Å². The molecule has 0 aliphatic heterocycles. The second kappa shape index (κ2) is 11.4. The molecule has 2 heterocycles. The number of hydrogen-bond acceptors (Lipinski definition) is 6. The summed E-state index contributed by atoms with van der Waals surface area (Å²) in [5, 5.41) is 15.9. The zero-order valence-corrected chi connectivity index (χ0v) is 19.1. The van der Waals surface area contributed by atoms with Gasteiger partial charge in [0.15, 0.2) is 11.8 Å². The molecule has 0 aromatic carbocycles. The third-order valence-corrected chi connectivity index (χ3v) is 4.93. The molecule has 0 aliphatic rings. The Bertz CT molecular complexity index is 694. The van der Waals surface area contributed by atoms with Gasteiger partial charge in [0.05, 0.1) is 12.2 Å². The van der Waals surface area contributed by atoms with E-state index in [0.717, 1.165) is 41.3 Å². The molecule has 0 atom stereocenters. The van der Waals surface area contributed by atoms with E-state index in [-0.39, 0.29) is 24.0 Å². The third kappa shape index (κ3) is 6.80. The number of thiazole rings is 1. The van der Waals surface area contributed by atoms with E-state index in [0.29, 0.717) is 19.7 Å². The Kier molecular flexibility index (Phi) is 10.0. The molecular weight excluding hydrogens is 465 g/mol. The highest BCUT2D eigenvalue weighted by molar-refractivity contribution is 14.0. The number of aromatic nitrogens is 4. The van der Waals surface area contributed by atoms with Crippen LogP contribution in [0.3, 0.4) is 0 Å². The Hall–Kier alpha value is -1.27. The molecule has 0 unspecified atom stereocenters. The molecule has 0 saturated heterocycles. The molecule has 2 N–H and O–H groups in total. The highest BCUT2D eigenvalue weighted by atomic mass is 127. The zero-order valence-electron chi connectivity index (χ0n) is 16.0. The molecule has 0 radical (unpaired) electrons. The van der Waals surface area contributed by atoms with Gasteiger partial charge in [0.25, 0.3) is 0 Å². The maximum atomic E-state index is 5.09. The van der Waals surface area contributed by atoms with Crippen LogP contribution in [-0.4, -0.2) is 46.0 Å². The summed E-state index contributed by atoms with van der Waals surface area (Å²) in [6, 6.07) is 0. The lowest BCUT2D eigenvalue weighted by molar-refractivity contribution is 0.195. The van der Waals surface area contributed by atoms with Gasteiger partial charge >= 0.3 is 0 Å². The van der Waals surface area contributed by atoms with Gasteiger partial charge in [-0.05, 0) is 27.2 Å². The Balaban J connectivity index is 0.00000338. The van der Waals surface area contributed by atoms with Crippen molar-refractivity contribution in [1.29, 1.82) is 0 Å². The third-order valence-electron chi connectivity index (χ3n) is 3.86. The van der Waals surface area contributed by atoms with E-state index in [4.69, 9.17) is 4.74 Å². The number of halogens is 1. The molecular formula is C16H28IN7OS. The fourth-order valence-electron chi connectivity index (χ4n) is 2.11. The maximum Gasteiger partial charge on any atom is 0.192 e. The predicted molar refractivity (Wildman–Crippen MR) is 115 cm³/mol. The zero-order chi connectivity index (χ0) is 18.2. The van der Waals surface area contributed by atoms with Crippen molar-refractivity contribution in [3.8, 4) is 0 Å². The number of hydrogen-bond donors (Lipinski definition) is 2. The minimum Gasteiger partial charge on any atom is -0.385 e. The molecule has 10 heteroatoms. The Morgan fingerprint density at radius 2 is 2.00 bits per heavy atom. The van der Waals surface area contributed by atoms with Crippen molar-refractivity contribution in [2.75, 3.05) is 20.3 Å². The smallest absolute Gasteiger partial charge is 0.192 e. The molecule has 0 amide bonds. The normalized spacial score (nSPS) is 11.3. The minimum absolute atomic E-state index is 0. The van der Waals surface area contributed by atoms with Gasteiger partial charge in [0.1, 0.15) is 17.4 Å². The molecule has 0 bridgehead atoms. The fourth-order valence-corrected chi connectivity index (χ4v) is 2.98. The van der Waals surface area contributed by atoms with Gasteiger partial charge < -0.3 is 19.9 Å². The molecule has 146 valence electrons. The van der Waals surface area contributed by atoms with Crippen LogP contribution in [0.1, 0.15) is 33.6 Å². The first kappa shape index (κ1) is 22.8. The first-order chi connectivity index (χ1) is 12.0. The Labute approximate surface area is 175 Å². The number of methoxy groups -OCH3 is 1. The van der Waals surface area contributed by atoms with Gasteiger partial charge in [-0.25, -0.2) is 9.98 Å². The van der Waals surface area contributed by atoms with Gasteiger partial charge in [-0.2, -0.15) is 0 Å². The second-order valence-electron chi connectivity index (χ2n) is 5.76. The van der Waals surface area contributed by atoms with E-state index in [1.807, 2.05) is 25.5 Å². The molecule has 2 aromatic heterocycles. The largest absolute Gasteiger partial charge is 0.385 e. The lowest BCUT2D eigenvalue weighted by atomic mass is 10.4. The lowest BCUT2D eigenvalue weighted by Crippen LogP contribution is -2.37. The van der Waals surface area contributed by atoms with Crippen LogP contribution in [0, 0.1) is 20.8 Å². The van der Waals surface area contributed by atoms with Crippen LogP contribution in [0.25, 0.3) is 0 Å². The van der Waals surface area contributed by atoms with Crippen molar-refractivity contribution < 1.29 is 4.74 Å². The van der Waals surface area contributed by atoms with Crippen molar-refractivity contribution >= 4 is 41.3 Å². The molecule has 0 spiro atoms. The highest BCUT2D eigenvalue weighted by Crippen LogP contribution is 2.15. The summed E-state index contributed by atoms with van der Waals surface area (Å²) in [6.07, 6.45) is 0.912. The number of nitrogens with one attached hydrogen (secondary N) is 2. The maximum absolute atomic E-state index is 5.09. The van der Waals surface area contributed by atoms with Crippen LogP contribution in [0.2, 0.25) is 0 Å². The summed E-state index contributed by atoms with van der Waals surface area (Å²) in [5.74, 6) is 2.44. The first-order valence-electron chi connectivity index (χ1n) is 8.30. The summed E-state index contributed by atoms with van der Waals surface area (Å²) in [6.45, 7) is 8.66. The van der Waals surface area contributed by atoms with Crippen LogP contribution in [0.15, 0.2) is 4.99 Å². The molecule has 0 fully saturated rings. The van der Waals surface area contributed by atoms with Crippen molar-refractivity contribution in [3.05, 3.63) is 27.2 Å².